The van der Waals surface area contributed by atoms with Crippen molar-refractivity contribution in [3.63, 3.8) is 0 Å². The molecule has 0 radical (unpaired) electrons. The Bertz CT molecular complexity index is 496. The largest absolute Gasteiger partial charge is 0.384 e. The van der Waals surface area contributed by atoms with Gasteiger partial charge in [-0.15, -0.1) is 0 Å². The van der Waals surface area contributed by atoms with E-state index < -0.39 is 11.9 Å². The molecule has 88 valence electrons. The van der Waals surface area contributed by atoms with E-state index in [-0.39, 0.29) is 5.56 Å². The van der Waals surface area contributed by atoms with Gasteiger partial charge in [0.15, 0.2) is 0 Å². The number of nitrogens with two attached hydrogens (primary N) is 1. The molecule has 0 saturated heterocycles. The van der Waals surface area contributed by atoms with Crippen LogP contribution in [0.1, 0.15) is 22.8 Å². The third-order valence-electron chi connectivity index (χ3n) is 2.73. The van der Waals surface area contributed by atoms with Crippen LogP contribution in [0.25, 0.3) is 0 Å². The van der Waals surface area contributed by atoms with Crippen molar-refractivity contribution in [1.29, 1.82) is 0 Å². The van der Waals surface area contributed by atoms with Gasteiger partial charge < -0.3 is 10.8 Å². The number of benzene rings is 2. The van der Waals surface area contributed by atoms with Gasteiger partial charge in [0.1, 0.15) is 11.9 Å². The van der Waals surface area contributed by atoms with Crippen molar-refractivity contribution in [3.8, 4) is 0 Å². The maximum Gasteiger partial charge on any atom is 0.129 e. The molecule has 3 N–H and O–H groups in total. The number of aliphatic hydroxyl groups excluding tert-OH is 1. The van der Waals surface area contributed by atoms with E-state index in [2.05, 4.69) is 0 Å². The zero-order valence-electron chi connectivity index (χ0n) is 9.31. The molecule has 2 rings (SSSR count). The van der Waals surface area contributed by atoms with Gasteiger partial charge >= 0.3 is 0 Å². The van der Waals surface area contributed by atoms with Crippen molar-refractivity contribution >= 4 is 0 Å². The van der Waals surface area contributed by atoms with E-state index in [9.17, 15) is 9.50 Å². The summed E-state index contributed by atoms with van der Waals surface area (Å²) in [7, 11) is 0. The molecule has 2 nitrogen and oxygen atoms in total. The maximum atomic E-state index is 13.5. The SMILES string of the molecule is NCc1ccc(C(O)c2ccccc2F)cc1. The molecule has 0 fully saturated rings. The van der Waals surface area contributed by atoms with Gasteiger partial charge in [-0.2, -0.15) is 0 Å². The summed E-state index contributed by atoms with van der Waals surface area (Å²) in [6.45, 7) is 0.454. The summed E-state index contributed by atoms with van der Waals surface area (Å²) in [5.41, 5.74) is 7.41. The van der Waals surface area contributed by atoms with Crippen molar-refractivity contribution < 1.29 is 9.50 Å². The summed E-state index contributed by atoms with van der Waals surface area (Å²) in [6.07, 6.45) is -0.942. The average Bonchev–Trinajstić information content (AvgIpc) is 2.39. The number of hydrogen-bond acceptors (Lipinski definition) is 2. The van der Waals surface area contributed by atoms with Gasteiger partial charge in [0.25, 0.3) is 0 Å². The molecule has 3 heteroatoms. The van der Waals surface area contributed by atoms with Gasteiger partial charge in [0.2, 0.25) is 0 Å². The highest BCUT2D eigenvalue weighted by atomic mass is 19.1. The Morgan fingerprint density at radius 1 is 1.06 bits per heavy atom. The Morgan fingerprint density at radius 2 is 1.71 bits per heavy atom. The number of aliphatic hydroxyl groups is 1. The zero-order chi connectivity index (χ0) is 12.3. The number of hydrogen-bond donors (Lipinski definition) is 2. The van der Waals surface area contributed by atoms with Crippen molar-refractivity contribution in [2.45, 2.75) is 12.6 Å². The normalized spacial score (nSPS) is 12.4. The van der Waals surface area contributed by atoms with Crippen LogP contribution in [0.4, 0.5) is 4.39 Å². The van der Waals surface area contributed by atoms with Gasteiger partial charge in [0, 0.05) is 12.1 Å². The summed E-state index contributed by atoms with van der Waals surface area (Å²) in [6, 6.07) is 13.4. The maximum absolute atomic E-state index is 13.5. The molecule has 0 bridgehead atoms. The van der Waals surface area contributed by atoms with Gasteiger partial charge in [0.05, 0.1) is 0 Å². The Labute approximate surface area is 99.5 Å². The van der Waals surface area contributed by atoms with E-state index in [0.717, 1.165) is 5.56 Å². The fourth-order valence-corrected chi connectivity index (χ4v) is 1.71. The zero-order valence-corrected chi connectivity index (χ0v) is 9.31. The molecular formula is C14H14FNO. The summed E-state index contributed by atoms with van der Waals surface area (Å²) in [5, 5.41) is 10.1. The molecule has 0 aliphatic carbocycles. The molecule has 1 atom stereocenters. The first kappa shape index (κ1) is 11.8. The molecule has 0 aliphatic rings. The third kappa shape index (κ3) is 2.52. The van der Waals surface area contributed by atoms with E-state index >= 15 is 0 Å². The Balaban J connectivity index is 2.30. The molecule has 2 aromatic carbocycles. The van der Waals surface area contributed by atoms with Crippen molar-refractivity contribution in [1.82, 2.24) is 0 Å². The highest BCUT2D eigenvalue weighted by Crippen LogP contribution is 2.24. The van der Waals surface area contributed by atoms with E-state index in [0.29, 0.717) is 12.1 Å². The van der Waals surface area contributed by atoms with Crippen LogP contribution >= 0.6 is 0 Å². The Kier molecular flexibility index (Phi) is 3.52. The summed E-state index contributed by atoms with van der Waals surface area (Å²) < 4.78 is 13.5. The predicted octanol–water partition coefficient (Wildman–Crippen LogP) is 2.37. The van der Waals surface area contributed by atoms with Crippen LogP contribution in [0.15, 0.2) is 48.5 Å². The minimum Gasteiger partial charge on any atom is -0.384 e. The lowest BCUT2D eigenvalue weighted by Gasteiger charge is -2.12. The number of halogens is 1. The Morgan fingerprint density at radius 3 is 2.29 bits per heavy atom. The standard InChI is InChI=1S/C14H14FNO/c15-13-4-2-1-3-12(13)14(17)11-7-5-10(9-16)6-8-11/h1-8,14,17H,9,16H2. The van der Waals surface area contributed by atoms with Gasteiger partial charge in [-0.1, -0.05) is 42.5 Å². The average molecular weight is 231 g/mol. The fourth-order valence-electron chi connectivity index (χ4n) is 1.71. The molecule has 17 heavy (non-hydrogen) atoms. The smallest absolute Gasteiger partial charge is 0.129 e. The predicted molar refractivity (Wildman–Crippen MR) is 64.8 cm³/mol. The van der Waals surface area contributed by atoms with Gasteiger partial charge in [-0.3, -0.25) is 0 Å². The molecule has 1 unspecified atom stereocenters. The molecular weight excluding hydrogens is 217 g/mol. The fraction of sp³-hybridized carbons (Fsp3) is 0.143. The van der Waals surface area contributed by atoms with E-state index in [1.165, 1.54) is 6.07 Å². The first-order chi connectivity index (χ1) is 8.22. The highest BCUT2D eigenvalue weighted by molar-refractivity contribution is 5.32. The molecule has 2 aromatic rings. The van der Waals surface area contributed by atoms with Crippen molar-refractivity contribution in [2.75, 3.05) is 0 Å². The van der Waals surface area contributed by atoms with Crippen LogP contribution in [0.5, 0.6) is 0 Å². The minimum absolute atomic E-state index is 0.285. The van der Waals surface area contributed by atoms with Crippen LogP contribution in [-0.4, -0.2) is 5.11 Å². The van der Waals surface area contributed by atoms with Crippen LogP contribution in [0, 0.1) is 5.82 Å². The van der Waals surface area contributed by atoms with Gasteiger partial charge in [-0.25, -0.2) is 4.39 Å². The lowest BCUT2D eigenvalue weighted by atomic mass is 10.00. The Hall–Kier alpha value is -1.71. The van der Waals surface area contributed by atoms with Crippen LogP contribution in [0.2, 0.25) is 0 Å². The number of rotatable bonds is 3. The van der Waals surface area contributed by atoms with Gasteiger partial charge in [-0.05, 0) is 17.2 Å². The third-order valence-corrected chi connectivity index (χ3v) is 2.73. The molecule has 0 aliphatic heterocycles. The summed E-state index contributed by atoms with van der Waals surface area (Å²) >= 11 is 0. The van der Waals surface area contributed by atoms with Crippen molar-refractivity contribution in [2.24, 2.45) is 5.73 Å². The van der Waals surface area contributed by atoms with E-state index in [1.54, 1.807) is 30.3 Å². The molecule has 0 aromatic heterocycles. The first-order valence-electron chi connectivity index (χ1n) is 5.44. The monoisotopic (exact) mass is 231 g/mol. The van der Waals surface area contributed by atoms with E-state index in [4.69, 9.17) is 5.73 Å². The lowest BCUT2D eigenvalue weighted by molar-refractivity contribution is 0.215. The molecule has 0 heterocycles. The van der Waals surface area contributed by atoms with Crippen LogP contribution < -0.4 is 5.73 Å². The molecule has 0 saturated carbocycles. The topological polar surface area (TPSA) is 46.2 Å². The quantitative estimate of drug-likeness (QED) is 0.851. The van der Waals surface area contributed by atoms with Crippen LogP contribution in [0.3, 0.4) is 0 Å². The van der Waals surface area contributed by atoms with Crippen LogP contribution in [-0.2, 0) is 6.54 Å². The summed E-state index contributed by atoms with van der Waals surface area (Å²) in [5.74, 6) is -0.400. The lowest BCUT2D eigenvalue weighted by Crippen LogP contribution is -2.03. The molecule has 0 spiro atoms. The highest BCUT2D eigenvalue weighted by Gasteiger charge is 2.13. The summed E-state index contributed by atoms with van der Waals surface area (Å²) in [4.78, 5) is 0. The van der Waals surface area contributed by atoms with E-state index in [1.807, 2.05) is 12.1 Å². The second kappa shape index (κ2) is 5.08. The minimum atomic E-state index is -0.942. The molecule has 0 amide bonds. The second-order valence-electron chi connectivity index (χ2n) is 3.87. The first-order valence-corrected chi connectivity index (χ1v) is 5.44. The van der Waals surface area contributed by atoms with Crippen molar-refractivity contribution in [3.05, 3.63) is 71.0 Å². The second-order valence-corrected chi connectivity index (χ2v) is 3.87.